The van der Waals surface area contributed by atoms with E-state index in [2.05, 4.69) is 10.3 Å². The summed E-state index contributed by atoms with van der Waals surface area (Å²) >= 11 is 1.37. The van der Waals surface area contributed by atoms with Gasteiger partial charge >= 0.3 is 0 Å². The molecular weight excluding hydrogens is 410 g/mol. The minimum atomic E-state index is -0.639. The van der Waals surface area contributed by atoms with Gasteiger partial charge < -0.3 is 14.8 Å². The lowest BCUT2D eigenvalue weighted by Gasteiger charge is -2.09. The number of hydrogen-bond donors (Lipinski definition) is 1. The maximum Gasteiger partial charge on any atom is 0.270 e. The average molecular weight is 430 g/mol. The van der Waals surface area contributed by atoms with Crippen molar-refractivity contribution in [3.8, 4) is 16.3 Å². The highest BCUT2D eigenvalue weighted by molar-refractivity contribution is 7.13. The molecule has 1 fully saturated rings. The van der Waals surface area contributed by atoms with Gasteiger partial charge in [-0.3, -0.25) is 4.79 Å². The number of amides is 1. The fourth-order valence-corrected chi connectivity index (χ4v) is 3.94. The van der Waals surface area contributed by atoms with Crippen molar-refractivity contribution in [3.63, 3.8) is 0 Å². The average Bonchev–Trinajstić information content (AvgIpc) is 3.44. The van der Waals surface area contributed by atoms with Gasteiger partial charge in [-0.2, -0.15) is 0 Å². The van der Waals surface area contributed by atoms with Crippen molar-refractivity contribution in [2.75, 3.05) is 13.2 Å². The van der Waals surface area contributed by atoms with Crippen LogP contribution in [-0.2, 0) is 11.3 Å². The van der Waals surface area contributed by atoms with E-state index < -0.39 is 11.6 Å². The third kappa shape index (κ3) is 4.83. The van der Waals surface area contributed by atoms with Crippen LogP contribution in [0.5, 0.6) is 5.75 Å². The van der Waals surface area contributed by atoms with E-state index >= 15 is 0 Å². The summed E-state index contributed by atoms with van der Waals surface area (Å²) in [6.07, 6.45) is 2.06. The molecule has 2 aromatic carbocycles. The number of aromatic nitrogens is 1. The summed E-state index contributed by atoms with van der Waals surface area (Å²) in [6, 6.07) is 10.7. The predicted molar refractivity (Wildman–Crippen MR) is 110 cm³/mol. The van der Waals surface area contributed by atoms with Gasteiger partial charge in [0.2, 0.25) is 0 Å². The van der Waals surface area contributed by atoms with E-state index in [1.54, 1.807) is 29.6 Å². The third-order valence-corrected chi connectivity index (χ3v) is 5.69. The standard InChI is InChI=1S/C22H20F2N2O3S/c23-18-4-1-5-19(24)17(18)12-29-15-8-6-14(7-9-15)22-26-20(13-30-22)21(27)25-11-16-3-2-10-28-16/h1,4-9,13,16H,2-3,10-12H2,(H,25,27). The van der Waals surface area contributed by atoms with Gasteiger partial charge in [-0.1, -0.05) is 6.07 Å². The molecule has 1 unspecified atom stereocenters. The number of benzene rings is 2. The summed E-state index contributed by atoms with van der Waals surface area (Å²) < 4.78 is 38.4. The smallest absolute Gasteiger partial charge is 0.270 e. The molecule has 5 nitrogen and oxygen atoms in total. The Bertz CT molecular complexity index is 997. The van der Waals surface area contributed by atoms with Gasteiger partial charge in [0.15, 0.2) is 0 Å². The van der Waals surface area contributed by atoms with E-state index in [1.165, 1.54) is 29.5 Å². The van der Waals surface area contributed by atoms with Crippen LogP contribution in [0.3, 0.4) is 0 Å². The number of carbonyl (C=O) groups is 1. The van der Waals surface area contributed by atoms with Gasteiger partial charge in [0, 0.05) is 24.1 Å². The Kier molecular flexibility index (Phi) is 6.35. The normalized spacial score (nSPS) is 15.9. The lowest BCUT2D eigenvalue weighted by molar-refractivity contribution is 0.0854. The summed E-state index contributed by atoms with van der Waals surface area (Å²) in [6.45, 7) is 1.03. The van der Waals surface area contributed by atoms with Crippen LogP contribution in [0.25, 0.3) is 10.6 Å². The lowest BCUT2D eigenvalue weighted by atomic mass is 10.2. The molecule has 2 heterocycles. The van der Waals surface area contributed by atoms with Gasteiger partial charge in [-0.05, 0) is 49.2 Å². The second-order valence-corrected chi connectivity index (χ2v) is 7.75. The molecular formula is C22H20F2N2O3S. The van der Waals surface area contributed by atoms with Crippen LogP contribution in [0.15, 0.2) is 47.8 Å². The first-order chi connectivity index (χ1) is 14.6. The van der Waals surface area contributed by atoms with Crippen molar-refractivity contribution in [2.45, 2.75) is 25.6 Å². The summed E-state index contributed by atoms with van der Waals surface area (Å²) in [5, 5.41) is 5.27. The maximum atomic E-state index is 13.7. The molecule has 3 aromatic rings. The fourth-order valence-electron chi connectivity index (χ4n) is 3.13. The van der Waals surface area contributed by atoms with E-state index in [-0.39, 0.29) is 24.2 Å². The summed E-state index contributed by atoms with van der Waals surface area (Å²) in [5.41, 5.74) is 1.08. The van der Waals surface area contributed by atoms with Crippen LogP contribution in [0.2, 0.25) is 0 Å². The number of hydrogen-bond acceptors (Lipinski definition) is 5. The van der Waals surface area contributed by atoms with E-state index in [1.807, 2.05) is 0 Å². The maximum absolute atomic E-state index is 13.7. The van der Waals surface area contributed by atoms with Gasteiger partial charge in [-0.25, -0.2) is 13.8 Å². The number of nitrogens with one attached hydrogen (secondary N) is 1. The summed E-state index contributed by atoms with van der Waals surface area (Å²) in [4.78, 5) is 16.7. The van der Waals surface area contributed by atoms with Crippen LogP contribution < -0.4 is 10.1 Å². The van der Waals surface area contributed by atoms with Crippen molar-refractivity contribution in [1.82, 2.24) is 10.3 Å². The fraction of sp³-hybridized carbons (Fsp3) is 0.273. The van der Waals surface area contributed by atoms with Gasteiger partial charge in [0.25, 0.3) is 5.91 Å². The highest BCUT2D eigenvalue weighted by atomic mass is 32.1. The van der Waals surface area contributed by atoms with Crippen molar-refractivity contribution >= 4 is 17.2 Å². The van der Waals surface area contributed by atoms with E-state index in [0.29, 0.717) is 23.0 Å². The van der Waals surface area contributed by atoms with E-state index in [9.17, 15) is 13.6 Å². The Morgan fingerprint density at radius 2 is 1.97 bits per heavy atom. The van der Waals surface area contributed by atoms with Crippen LogP contribution >= 0.6 is 11.3 Å². The number of nitrogens with zero attached hydrogens (tertiary/aromatic N) is 1. The van der Waals surface area contributed by atoms with E-state index in [4.69, 9.17) is 9.47 Å². The van der Waals surface area contributed by atoms with E-state index in [0.717, 1.165) is 25.0 Å². The molecule has 1 atom stereocenters. The van der Waals surface area contributed by atoms with Gasteiger partial charge in [-0.15, -0.1) is 11.3 Å². The molecule has 1 amide bonds. The highest BCUT2D eigenvalue weighted by Crippen LogP contribution is 2.26. The Labute approximate surface area is 176 Å². The zero-order chi connectivity index (χ0) is 20.9. The third-order valence-electron chi connectivity index (χ3n) is 4.80. The molecule has 1 aliphatic heterocycles. The Hall–Kier alpha value is -2.84. The van der Waals surface area contributed by atoms with Crippen molar-refractivity contribution < 1.29 is 23.0 Å². The summed E-state index contributed by atoms with van der Waals surface area (Å²) in [5.74, 6) is -1.02. The lowest BCUT2D eigenvalue weighted by Crippen LogP contribution is -2.31. The monoisotopic (exact) mass is 430 g/mol. The van der Waals surface area contributed by atoms with Gasteiger partial charge in [0.1, 0.15) is 34.7 Å². The molecule has 0 saturated carbocycles. The summed E-state index contributed by atoms with van der Waals surface area (Å²) in [7, 11) is 0. The number of rotatable bonds is 7. The Balaban J connectivity index is 1.35. The molecule has 8 heteroatoms. The minimum Gasteiger partial charge on any atom is -0.489 e. The molecule has 4 rings (SSSR count). The quantitative estimate of drug-likeness (QED) is 0.596. The van der Waals surface area contributed by atoms with Gasteiger partial charge in [0.05, 0.1) is 11.7 Å². The highest BCUT2D eigenvalue weighted by Gasteiger charge is 2.18. The number of ether oxygens (including phenoxy) is 2. The number of halogens is 2. The van der Waals surface area contributed by atoms with Crippen LogP contribution in [0.1, 0.15) is 28.9 Å². The largest absolute Gasteiger partial charge is 0.489 e. The first kappa shape index (κ1) is 20.4. The second-order valence-electron chi connectivity index (χ2n) is 6.90. The molecule has 0 spiro atoms. The van der Waals surface area contributed by atoms with Crippen LogP contribution in [0, 0.1) is 11.6 Å². The molecule has 30 heavy (non-hydrogen) atoms. The van der Waals surface area contributed by atoms with Crippen molar-refractivity contribution in [1.29, 1.82) is 0 Å². The molecule has 0 radical (unpaired) electrons. The number of carbonyl (C=O) groups excluding carboxylic acids is 1. The Morgan fingerprint density at radius 1 is 1.20 bits per heavy atom. The molecule has 1 aromatic heterocycles. The first-order valence-corrected chi connectivity index (χ1v) is 10.5. The molecule has 0 aliphatic carbocycles. The predicted octanol–water partition coefficient (Wildman–Crippen LogP) is 4.58. The van der Waals surface area contributed by atoms with Crippen LogP contribution in [-0.4, -0.2) is 30.1 Å². The zero-order valence-corrected chi connectivity index (χ0v) is 16.9. The van der Waals surface area contributed by atoms with Crippen molar-refractivity contribution in [3.05, 3.63) is 70.7 Å². The molecule has 156 valence electrons. The molecule has 1 aliphatic rings. The first-order valence-electron chi connectivity index (χ1n) is 9.61. The number of thiazole rings is 1. The molecule has 0 bridgehead atoms. The second kappa shape index (κ2) is 9.32. The molecule has 1 N–H and O–H groups in total. The van der Waals surface area contributed by atoms with Crippen LogP contribution in [0.4, 0.5) is 8.78 Å². The molecule has 1 saturated heterocycles. The topological polar surface area (TPSA) is 60.5 Å². The SMILES string of the molecule is O=C(NCC1CCCO1)c1csc(-c2ccc(OCc3c(F)cccc3F)cc2)n1. The van der Waals surface area contributed by atoms with Crippen molar-refractivity contribution in [2.24, 2.45) is 0 Å². The zero-order valence-electron chi connectivity index (χ0n) is 16.1. The minimum absolute atomic E-state index is 0.0810. The Morgan fingerprint density at radius 3 is 2.67 bits per heavy atom.